The molecule has 0 radical (unpaired) electrons. The Hall–Kier alpha value is -1.78. The Morgan fingerprint density at radius 2 is 2.00 bits per heavy atom. The Kier molecular flexibility index (Phi) is 3.51. The molecule has 0 bridgehead atoms. The summed E-state index contributed by atoms with van der Waals surface area (Å²) < 4.78 is 5.51. The summed E-state index contributed by atoms with van der Waals surface area (Å²) in [5, 5.41) is 9.46. The first kappa shape index (κ1) is 14.2. The number of hydrogen-bond donors (Lipinski definition) is 1. The van der Waals surface area contributed by atoms with Crippen LogP contribution in [0.4, 0.5) is 0 Å². The highest BCUT2D eigenvalue weighted by Crippen LogP contribution is 2.40. The summed E-state index contributed by atoms with van der Waals surface area (Å²) >= 11 is 0. The Morgan fingerprint density at radius 1 is 1.29 bits per heavy atom. The average molecular weight is 291 g/mol. The molecule has 114 valence electrons. The van der Waals surface area contributed by atoms with Crippen LogP contribution < -0.4 is 0 Å². The quantitative estimate of drug-likeness (QED) is 0.909. The van der Waals surface area contributed by atoms with Crippen LogP contribution in [-0.2, 0) is 4.79 Å². The Bertz CT molecular complexity index is 557. The number of furan rings is 1. The standard InChI is InChI=1S/C16H21NO4/c1-9-7-14(21-10(9)2)15(18)17-12-6-4-3-5-11(12)8-13(17)16(19)20/h7,11-13H,3-6,8H2,1-2H3,(H,19,20)/t11-,12-,13+/m1/s1. The summed E-state index contributed by atoms with van der Waals surface area (Å²) in [6, 6.07) is 1.06. The minimum Gasteiger partial charge on any atom is -0.480 e. The van der Waals surface area contributed by atoms with Crippen molar-refractivity contribution in [3.63, 3.8) is 0 Å². The normalized spacial score (nSPS) is 28.5. The number of aryl methyl sites for hydroxylation is 2. The molecule has 21 heavy (non-hydrogen) atoms. The smallest absolute Gasteiger partial charge is 0.326 e. The predicted octanol–water partition coefficient (Wildman–Crippen LogP) is 2.75. The van der Waals surface area contributed by atoms with Gasteiger partial charge in [0.05, 0.1) is 0 Å². The highest BCUT2D eigenvalue weighted by atomic mass is 16.4. The van der Waals surface area contributed by atoms with Gasteiger partial charge in [0.2, 0.25) is 0 Å². The number of nitrogens with zero attached hydrogens (tertiary/aromatic N) is 1. The number of carboxylic acids is 1. The average Bonchev–Trinajstić information content (AvgIpc) is 2.99. The van der Waals surface area contributed by atoms with Gasteiger partial charge < -0.3 is 14.4 Å². The molecule has 3 atom stereocenters. The maximum Gasteiger partial charge on any atom is 0.326 e. The van der Waals surface area contributed by atoms with E-state index >= 15 is 0 Å². The number of amides is 1. The lowest BCUT2D eigenvalue weighted by molar-refractivity contribution is -0.141. The van der Waals surface area contributed by atoms with Crippen molar-refractivity contribution in [1.29, 1.82) is 0 Å². The van der Waals surface area contributed by atoms with Gasteiger partial charge in [-0.25, -0.2) is 4.79 Å². The third-order valence-electron chi connectivity index (χ3n) is 4.98. The lowest BCUT2D eigenvalue weighted by Gasteiger charge is -2.32. The number of carboxylic acid groups (broad SMARTS) is 1. The van der Waals surface area contributed by atoms with Crippen LogP contribution in [0.2, 0.25) is 0 Å². The summed E-state index contributed by atoms with van der Waals surface area (Å²) in [4.78, 5) is 25.9. The van der Waals surface area contributed by atoms with E-state index in [1.165, 1.54) is 0 Å². The minimum atomic E-state index is -0.905. The molecule has 1 aromatic heterocycles. The van der Waals surface area contributed by atoms with Crippen LogP contribution in [-0.4, -0.2) is 34.0 Å². The second kappa shape index (κ2) is 5.20. The molecule has 2 heterocycles. The predicted molar refractivity (Wildman–Crippen MR) is 76.1 cm³/mol. The lowest BCUT2D eigenvalue weighted by atomic mass is 9.84. The number of aliphatic carboxylic acids is 1. The van der Waals surface area contributed by atoms with Gasteiger partial charge in [0, 0.05) is 6.04 Å². The molecule has 0 aromatic carbocycles. The van der Waals surface area contributed by atoms with Crippen LogP contribution in [0.1, 0.15) is 54.0 Å². The van der Waals surface area contributed by atoms with Gasteiger partial charge in [0.15, 0.2) is 5.76 Å². The van der Waals surface area contributed by atoms with Gasteiger partial charge in [0.25, 0.3) is 5.91 Å². The van der Waals surface area contributed by atoms with E-state index in [9.17, 15) is 14.7 Å². The zero-order valence-electron chi connectivity index (χ0n) is 12.5. The van der Waals surface area contributed by atoms with Crippen molar-refractivity contribution in [1.82, 2.24) is 4.90 Å². The van der Waals surface area contributed by atoms with Gasteiger partial charge in [-0.1, -0.05) is 12.8 Å². The number of carbonyl (C=O) groups is 2. The van der Waals surface area contributed by atoms with E-state index in [2.05, 4.69) is 0 Å². The van der Waals surface area contributed by atoms with Crippen molar-refractivity contribution < 1.29 is 19.1 Å². The molecule has 1 saturated carbocycles. The minimum absolute atomic E-state index is 0.0538. The molecule has 2 fully saturated rings. The fourth-order valence-electron chi connectivity index (χ4n) is 3.78. The van der Waals surface area contributed by atoms with Crippen LogP contribution >= 0.6 is 0 Å². The Labute approximate surface area is 123 Å². The van der Waals surface area contributed by atoms with E-state index in [0.29, 0.717) is 18.1 Å². The van der Waals surface area contributed by atoms with Crippen molar-refractivity contribution >= 4 is 11.9 Å². The second-order valence-corrected chi connectivity index (χ2v) is 6.26. The van der Waals surface area contributed by atoms with E-state index < -0.39 is 12.0 Å². The molecule has 1 aliphatic heterocycles. The zero-order chi connectivity index (χ0) is 15.1. The number of carbonyl (C=O) groups excluding carboxylic acids is 1. The number of hydrogen-bond acceptors (Lipinski definition) is 3. The van der Waals surface area contributed by atoms with Crippen molar-refractivity contribution in [3.8, 4) is 0 Å². The Balaban J connectivity index is 1.92. The molecule has 0 unspecified atom stereocenters. The first-order chi connectivity index (χ1) is 9.99. The molecule has 1 saturated heterocycles. The van der Waals surface area contributed by atoms with Gasteiger partial charge >= 0.3 is 5.97 Å². The fraction of sp³-hybridized carbons (Fsp3) is 0.625. The van der Waals surface area contributed by atoms with E-state index in [1.807, 2.05) is 13.8 Å². The van der Waals surface area contributed by atoms with E-state index in [0.717, 1.165) is 31.2 Å². The SMILES string of the molecule is Cc1cc(C(=O)N2[C@@H]3CCCC[C@@H]3C[C@H]2C(=O)O)oc1C. The highest BCUT2D eigenvalue weighted by molar-refractivity contribution is 5.95. The van der Waals surface area contributed by atoms with E-state index in [-0.39, 0.29) is 17.7 Å². The largest absolute Gasteiger partial charge is 0.480 e. The molecule has 2 aliphatic rings. The molecule has 1 aliphatic carbocycles. The second-order valence-electron chi connectivity index (χ2n) is 6.26. The van der Waals surface area contributed by atoms with E-state index in [1.54, 1.807) is 11.0 Å². The summed E-state index contributed by atoms with van der Waals surface area (Å²) in [5.41, 5.74) is 0.921. The maximum atomic E-state index is 12.8. The van der Waals surface area contributed by atoms with Crippen LogP contribution in [0.3, 0.4) is 0 Å². The lowest BCUT2D eigenvalue weighted by Crippen LogP contribution is -2.46. The monoisotopic (exact) mass is 291 g/mol. The van der Waals surface area contributed by atoms with Crippen molar-refractivity contribution in [2.45, 2.75) is 58.0 Å². The number of rotatable bonds is 2. The van der Waals surface area contributed by atoms with E-state index in [4.69, 9.17) is 4.42 Å². The molecule has 1 N–H and O–H groups in total. The zero-order valence-corrected chi connectivity index (χ0v) is 12.5. The Morgan fingerprint density at radius 3 is 2.62 bits per heavy atom. The van der Waals surface area contributed by atoms with Crippen LogP contribution in [0.25, 0.3) is 0 Å². The molecule has 3 rings (SSSR count). The first-order valence-electron chi connectivity index (χ1n) is 7.61. The van der Waals surface area contributed by atoms with Crippen LogP contribution in [0.15, 0.2) is 10.5 Å². The number of likely N-dealkylation sites (tertiary alicyclic amines) is 1. The molecule has 1 aromatic rings. The van der Waals surface area contributed by atoms with Gasteiger partial charge in [-0.3, -0.25) is 4.79 Å². The molecule has 5 nitrogen and oxygen atoms in total. The molecular weight excluding hydrogens is 270 g/mol. The van der Waals surface area contributed by atoms with Gasteiger partial charge in [-0.05, 0) is 50.7 Å². The molecule has 0 spiro atoms. The molecule has 1 amide bonds. The fourth-order valence-corrected chi connectivity index (χ4v) is 3.78. The first-order valence-corrected chi connectivity index (χ1v) is 7.61. The van der Waals surface area contributed by atoms with Crippen molar-refractivity contribution in [2.75, 3.05) is 0 Å². The van der Waals surface area contributed by atoms with Crippen LogP contribution in [0.5, 0.6) is 0 Å². The molecule has 5 heteroatoms. The summed E-state index contributed by atoms with van der Waals surface area (Å²) in [6.45, 7) is 3.70. The molecular formula is C16H21NO4. The number of fused-ring (bicyclic) bond motifs is 1. The van der Waals surface area contributed by atoms with Gasteiger partial charge in [-0.2, -0.15) is 0 Å². The van der Waals surface area contributed by atoms with Crippen LogP contribution in [0, 0.1) is 19.8 Å². The highest BCUT2D eigenvalue weighted by Gasteiger charge is 2.48. The van der Waals surface area contributed by atoms with Crippen molar-refractivity contribution in [2.24, 2.45) is 5.92 Å². The third kappa shape index (κ3) is 2.34. The van der Waals surface area contributed by atoms with Gasteiger partial charge in [0.1, 0.15) is 11.8 Å². The summed E-state index contributed by atoms with van der Waals surface area (Å²) in [6.07, 6.45) is 4.69. The topological polar surface area (TPSA) is 70.8 Å². The third-order valence-corrected chi connectivity index (χ3v) is 4.98. The van der Waals surface area contributed by atoms with Crippen molar-refractivity contribution in [3.05, 3.63) is 23.2 Å². The summed E-state index contributed by atoms with van der Waals surface area (Å²) in [7, 11) is 0. The summed E-state index contributed by atoms with van der Waals surface area (Å²) in [5.74, 6) is 0.124. The van der Waals surface area contributed by atoms with Gasteiger partial charge in [-0.15, -0.1) is 0 Å². The maximum absolute atomic E-state index is 12.8.